The summed E-state index contributed by atoms with van der Waals surface area (Å²) in [5.41, 5.74) is 2.67. The van der Waals surface area contributed by atoms with Crippen LogP contribution in [0, 0.1) is 0 Å². The minimum absolute atomic E-state index is 1.05. The number of benzene rings is 2. The van der Waals surface area contributed by atoms with Gasteiger partial charge >= 0.3 is 0 Å². The van der Waals surface area contributed by atoms with Crippen LogP contribution >= 0.6 is 11.8 Å². The molecule has 1 N–H and O–H groups in total. The van der Waals surface area contributed by atoms with E-state index in [-0.39, 0.29) is 0 Å². The van der Waals surface area contributed by atoms with Gasteiger partial charge in [-0.3, -0.25) is 0 Å². The summed E-state index contributed by atoms with van der Waals surface area (Å²) >= 11 is 1.78. The van der Waals surface area contributed by atoms with E-state index in [1.165, 1.54) is 35.4 Å². The predicted molar refractivity (Wildman–Crippen MR) is 86.1 cm³/mol. The summed E-state index contributed by atoms with van der Waals surface area (Å²) in [7, 11) is 0. The van der Waals surface area contributed by atoms with Gasteiger partial charge in [0, 0.05) is 17.1 Å². The van der Waals surface area contributed by atoms with Gasteiger partial charge in [0.25, 0.3) is 0 Å². The molecule has 2 rings (SSSR count). The summed E-state index contributed by atoms with van der Waals surface area (Å²) in [6.07, 6.45) is 5.73. The van der Waals surface area contributed by atoms with Crippen LogP contribution in [0.2, 0.25) is 0 Å². The van der Waals surface area contributed by atoms with E-state index in [2.05, 4.69) is 66.2 Å². The van der Waals surface area contributed by atoms with Gasteiger partial charge in [-0.05, 0) is 49.3 Å². The normalized spacial score (nSPS) is 10.4. The lowest BCUT2D eigenvalue weighted by Crippen LogP contribution is -2.02. The quantitative estimate of drug-likeness (QED) is 0.571. The van der Waals surface area contributed by atoms with E-state index in [1.807, 2.05) is 0 Å². The van der Waals surface area contributed by atoms with Crippen LogP contribution in [0.1, 0.15) is 18.4 Å². The summed E-state index contributed by atoms with van der Waals surface area (Å²) < 4.78 is 0. The van der Waals surface area contributed by atoms with Crippen LogP contribution < -0.4 is 5.32 Å². The van der Waals surface area contributed by atoms with Crippen LogP contribution in [0.25, 0.3) is 0 Å². The molecule has 1 nitrogen and oxygen atoms in total. The van der Waals surface area contributed by atoms with E-state index in [4.69, 9.17) is 0 Å². The third-order valence-corrected chi connectivity index (χ3v) is 3.86. The summed E-state index contributed by atoms with van der Waals surface area (Å²) in [4.78, 5) is 1.31. The fourth-order valence-corrected chi connectivity index (χ4v) is 2.52. The molecule has 0 unspecified atom stereocenters. The number of nitrogens with one attached hydrogen (secondary N) is 1. The number of anilines is 1. The van der Waals surface area contributed by atoms with E-state index < -0.39 is 0 Å². The van der Waals surface area contributed by atoms with Crippen molar-refractivity contribution in [1.29, 1.82) is 0 Å². The van der Waals surface area contributed by atoms with Crippen LogP contribution in [0.5, 0.6) is 0 Å². The van der Waals surface area contributed by atoms with Gasteiger partial charge < -0.3 is 5.32 Å². The SMILES string of the molecule is CSc1cccc(NCCCCc2ccccc2)c1. The van der Waals surface area contributed by atoms with Crippen molar-refractivity contribution in [2.24, 2.45) is 0 Å². The molecule has 0 heterocycles. The molecule has 0 aromatic heterocycles. The lowest BCUT2D eigenvalue weighted by molar-refractivity contribution is 0.763. The third-order valence-electron chi connectivity index (χ3n) is 3.13. The van der Waals surface area contributed by atoms with Crippen LogP contribution in [-0.4, -0.2) is 12.8 Å². The molecule has 0 atom stereocenters. The van der Waals surface area contributed by atoms with Crippen LogP contribution in [0.15, 0.2) is 59.5 Å². The molecule has 0 aliphatic heterocycles. The standard InChI is InChI=1S/C17H21NS/c1-19-17-12-7-11-16(14-17)18-13-6-5-10-15-8-3-2-4-9-15/h2-4,7-9,11-12,14,18H,5-6,10,13H2,1H3. The molecular formula is C17H21NS. The molecule has 0 radical (unpaired) electrons. The Morgan fingerprint density at radius 1 is 0.947 bits per heavy atom. The van der Waals surface area contributed by atoms with Crippen molar-refractivity contribution in [2.75, 3.05) is 18.1 Å². The summed E-state index contributed by atoms with van der Waals surface area (Å²) in [5, 5.41) is 3.49. The van der Waals surface area contributed by atoms with Gasteiger partial charge in [-0.15, -0.1) is 11.8 Å². The first-order valence-corrected chi connectivity index (χ1v) is 8.03. The van der Waals surface area contributed by atoms with Crippen molar-refractivity contribution >= 4 is 17.4 Å². The molecule has 2 aromatic rings. The van der Waals surface area contributed by atoms with Crippen LogP contribution in [-0.2, 0) is 6.42 Å². The van der Waals surface area contributed by atoms with Gasteiger partial charge in [0.1, 0.15) is 0 Å². The molecule has 2 aromatic carbocycles. The Kier molecular flexibility index (Phi) is 5.83. The highest BCUT2D eigenvalue weighted by Crippen LogP contribution is 2.18. The van der Waals surface area contributed by atoms with Crippen molar-refractivity contribution in [3.8, 4) is 0 Å². The van der Waals surface area contributed by atoms with Crippen molar-refractivity contribution in [1.82, 2.24) is 0 Å². The highest BCUT2D eigenvalue weighted by atomic mass is 32.2. The molecule has 0 saturated carbocycles. The molecule has 0 spiro atoms. The Bertz CT molecular complexity index is 482. The zero-order valence-electron chi connectivity index (χ0n) is 11.4. The van der Waals surface area contributed by atoms with E-state index in [0.717, 1.165) is 6.54 Å². The molecule has 0 amide bonds. The molecule has 2 heteroatoms. The molecule has 100 valence electrons. The Morgan fingerprint density at radius 3 is 2.58 bits per heavy atom. The molecular weight excluding hydrogens is 250 g/mol. The highest BCUT2D eigenvalue weighted by Gasteiger charge is 1.95. The molecule has 0 aliphatic carbocycles. The smallest absolute Gasteiger partial charge is 0.0351 e. The predicted octanol–water partition coefficient (Wildman–Crippen LogP) is 4.84. The van der Waals surface area contributed by atoms with Gasteiger partial charge in [-0.25, -0.2) is 0 Å². The molecule has 0 bridgehead atoms. The second-order valence-corrected chi connectivity index (χ2v) is 5.48. The number of aryl methyl sites for hydroxylation is 1. The minimum atomic E-state index is 1.05. The van der Waals surface area contributed by atoms with E-state index >= 15 is 0 Å². The largest absolute Gasteiger partial charge is 0.385 e. The zero-order valence-corrected chi connectivity index (χ0v) is 12.2. The van der Waals surface area contributed by atoms with Gasteiger partial charge in [0.05, 0.1) is 0 Å². The first-order valence-electron chi connectivity index (χ1n) is 6.80. The van der Waals surface area contributed by atoms with Crippen molar-refractivity contribution in [3.63, 3.8) is 0 Å². The molecule has 0 fully saturated rings. The van der Waals surface area contributed by atoms with Crippen molar-refractivity contribution in [3.05, 3.63) is 60.2 Å². The Balaban J connectivity index is 1.66. The first-order chi connectivity index (χ1) is 9.38. The van der Waals surface area contributed by atoms with Crippen LogP contribution in [0.4, 0.5) is 5.69 Å². The maximum Gasteiger partial charge on any atom is 0.0351 e. The number of thioether (sulfide) groups is 1. The Labute approximate surface area is 120 Å². The minimum Gasteiger partial charge on any atom is -0.385 e. The molecule has 0 saturated heterocycles. The third kappa shape index (κ3) is 4.99. The highest BCUT2D eigenvalue weighted by molar-refractivity contribution is 7.98. The summed E-state index contributed by atoms with van der Waals surface area (Å²) in [5.74, 6) is 0. The van der Waals surface area contributed by atoms with Crippen molar-refractivity contribution in [2.45, 2.75) is 24.2 Å². The summed E-state index contributed by atoms with van der Waals surface area (Å²) in [6.45, 7) is 1.05. The van der Waals surface area contributed by atoms with Gasteiger partial charge in [-0.2, -0.15) is 0 Å². The Hall–Kier alpha value is -1.41. The fourth-order valence-electron chi connectivity index (χ4n) is 2.06. The maximum absolute atomic E-state index is 3.49. The fraction of sp³-hybridized carbons (Fsp3) is 0.294. The lowest BCUT2D eigenvalue weighted by Gasteiger charge is -2.07. The molecule has 0 aliphatic rings. The zero-order chi connectivity index (χ0) is 13.3. The van der Waals surface area contributed by atoms with Crippen LogP contribution in [0.3, 0.4) is 0 Å². The second-order valence-electron chi connectivity index (χ2n) is 4.60. The average molecular weight is 271 g/mol. The first kappa shape index (κ1) is 14.0. The number of unbranched alkanes of at least 4 members (excludes halogenated alkanes) is 1. The molecule has 19 heavy (non-hydrogen) atoms. The van der Waals surface area contributed by atoms with Gasteiger partial charge in [0.15, 0.2) is 0 Å². The van der Waals surface area contributed by atoms with Gasteiger partial charge in [-0.1, -0.05) is 36.4 Å². The topological polar surface area (TPSA) is 12.0 Å². The van der Waals surface area contributed by atoms with E-state index in [1.54, 1.807) is 11.8 Å². The summed E-state index contributed by atoms with van der Waals surface area (Å²) in [6, 6.07) is 19.3. The van der Waals surface area contributed by atoms with E-state index in [0.29, 0.717) is 0 Å². The Morgan fingerprint density at radius 2 is 1.79 bits per heavy atom. The maximum atomic E-state index is 3.49. The number of hydrogen-bond acceptors (Lipinski definition) is 2. The lowest BCUT2D eigenvalue weighted by atomic mass is 10.1. The average Bonchev–Trinajstić information content (AvgIpc) is 2.48. The monoisotopic (exact) mass is 271 g/mol. The van der Waals surface area contributed by atoms with Crippen molar-refractivity contribution < 1.29 is 0 Å². The van der Waals surface area contributed by atoms with Gasteiger partial charge in [0.2, 0.25) is 0 Å². The number of rotatable bonds is 7. The second kappa shape index (κ2) is 7.90. The van der Waals surface area contributed by atoms with E-state index in [9.17, 15) is 0 Å². The number of hydrogen-bond donors (Lipinski definition) is 1.